The van der Waals surface area contributed by atoms with Crippen molar-refractivity contribution in [2.45, 2.75) is 39.2 Å². The molecule has 1 aliphatic rings. The Kier molecular flexibility index (Phi) is 5.45. The summed E-state index contributed by atoms with van der Waals surface area (Å²) >= 11 is 0. The molecule has 0 bridgehead atoms. The Morgan fingerprint density at radius 2 is 2.16 bits per heavy atom. The van der Waals surface area contributed by atoms with E-state index < -0.39 is 0 Å². The normalized spacial score (nSPS) is 15.9. The Hall–Kier alpha value is -1.29. The van der Waals surface area contributed by atoms with Crippen LogP contribution in [0.2, 0.25) is 0 Å². The third-order valence-electron chi connectivity index (χ3n) is 3.28. The van der Waals surface area contributed by atoms with Gasteiger partial charge in [-0.05, 0) is 64.9 Å². The SMILES string of the molecule is CC(C)Oc1cccnc1NCCCN1CCCC1. The van der Waals surface area contributed by atoms with Gasteiger partial charge in [-0.15, -0.1) is 0 Å². The summed E-state index contributed by atoms with van der Waals surface area (Å²) in [5.74, 6) is 1.70. The van der Waals surface area contributed by atoms with Crippen LogP contribution in [0.5, 0.6) is 5.75 Å². The second kappa shape index (κ2) is 7.34. The highest BCUT2D eigenvalue weighted by molar-refractivity contribution is 5.49. The number of nitrogens with one attached hydrogen (secondary N) is 1. The van der Waals surface area contributed by atoms with Gasteiger partial charge in [-0.3, -0.25) is 0 Å². The van der Waals surface area contributed by atoms with Crippen LogP contribution in [0.3, 0.4) is 0 Å². The van der Waals surface area contributed by atoms with Gasteiger partial charge in [0.25, 0.3) is 0 Å². The molecule has 0 atom stereocenters. The van der Waals surface area contributed by atoms with Gasteiger partial charge in [-0.1, -0.05) is 0 Å². The summed E-state index contributed by atoms with van der Waals surface area (Å²) in [7, 11) is 0. The Morgan fingerprint density at radius 1 is 1.37 bits per heavy atom. The number of aromatic nitrogens is 1. The van der Waals surface area contributed by atoms with E-state index in [1.54, 1.807) is 6.20 Å². The molecule has 0 spiro atoms. The molecule has 1 aliphatic heterocycles. The maximum atomic E-state index is 5.74. The van der Waals surface area contributed by atoms with E-state index in [4.69, 9.17) is 4.74 Å². The van der Waals surface area contributed by atoms with Gasteiger partial charge in [0, 0.05) is 12.7 Å². The predicted octanol–water partition coefficient (Wildman–Crippen LogP) is 2.77. The number of hydrogen-bond donors (Lipinski definition) is 1. The number of likely N-dealkylation sites (tertiary alicyclic amines) is 1. The first kappa shape index (κ1) is 14.1. The fourth-order valence-corrected chi connectivity index (χ4v) is 2.39. The van der Waals surface area contributed by atoms with Gasteiger partial charge in [0.05, 0.1) is 6.10 Å². The molecular weight excluding hydrogens is 238 g/mol. The number of pyridine rings is 1. The molecule has 1 aromatic rings. The van der Waals surface area contributed by atoms with E-state index in [2.05, 4.69) is 15.2 Å². The predicted molar refractivity (Wildman–Crippen MR) is 78.8 cm³/mol. The fourth-order valence-electron chi connectivity index (χ4n) is 2.39. The van der Waals surface area contributed by atoms with Gasteiger partial charge in [-0.25, -0.2) is 4.98 Å². The highest BCUT2D eigenvalue weighted by Crippen LogP contribution is 2.21. The van der Waals surface area contributed by atoms with Crippen LogP contribution in [0.25, 0.3) is 0 Å². The molecule has 0 radical (unpaired) electrons. The summed E-state index contributed by atoms with van der Waals surface area (Å²) < 4.78 is 5.74. The molecule has 19 heavy (non-hydrogen) atoms. The largest absolute Gasteiger partial charge is 0.487 e. The molecule has 106 valence electrons. The van der Waals surface area contributed by atoms with Crippen LogP contribution in [0.1, 0.15) is 33.1 Å². The molecule has 1 N–H and O–H groups in total. The zero-order chi connectivity index (χ0) is 13.5. The van der Waals surface area contributed by atoms with Gasteiger partial charge < -0.3 is 15.0 Å². The molecule has 1 saturated heterocycles. The molecule has 4 nitrogen and oxygen atoms in total. The van der Waals surface area contributed by atoms with Gasteiger partial charge in [0.1, 0.15) is 0 Å². The maximum Gasteiger partial charge on any atom is 0.168 e. The first-order chi connectivity index (χ1) is 9.25. The minimum Gasteiger partial charge on any atom is -0.487 e. The van der Waals surface area contributed by atoms with Crippen molar-refractivity contribution in [1.29, 1.82) is 0 Å². The second-order valence-electron chi connectivity index (χ2n) is 5.35. The van der Waals surface area contributed by atoms with Crippen molar-refractivity contribution in [2.75, 3.05) is 31.5 Å². The number of anilines is 1. The standard InChI is InChI=1S/C15H25N3O/c1-13(2)19-14-7-5-8-16-15(14)17-9-6-12-18-10-3-4-11-18/h5,7-8,13H,3-4,6,9-12H2,1-2H3,(H,16,17). The number of ether oxygens (including phenoxy) is 1. The summed E-state index contributed by atoms with van der Waals surface area (Å²) in [4.78, 5) is 6.88. The van der Waals surface area contributed by atoms with Crippen LogP contribution in [-0.2, 0) is 0 Å². The lowest BCUT2D eigenvalue weighted by atomic mass is 10.3. The van der Waals surface area contributed by atoms with Crippen molar-refractivity contribution in [2.24, 2.45) is 0 Å². The fraction of sp³-hybridized carbons (Fsp3) is 0.667. The Labute approximate surface area is 116 Å². The topological polar surface area (TPSA) is 37.4 Å². The highest BCUT2D eigenvalue weighted by Gasteiger charge is 2.10. The van der Waals surface area contributed by atoms with E-state index in [-0.39, 0.29) is 6.10 Å². The lowest BCUT2D eigenvalue weighted by Crippen LogP contribution is -2.22. The molecule has 2 rings (SSSR count). The van der Waals surface area contributed by atoms with Gasteiger partial charge in [0.2, 0.25) is 0 Å². The zero-order valence-corrected chi connectivity index (χ0v) is 12.1. The molecule has 4 heteroatoms. The van der Waals surface area contributed by atoms with Crippen LogP contribution < -0.4 is 10.1 Å². The van der Waals surface area contributed by atoms with E-state index >= 15 is 0 Å². The van der Waals surface area contributed by atoms with Crippen molar-refractivity contribution < 1.29 is 4.74 Å². The zero-order valence-electron chi connectivity index (χ0n) is 12.1. The summed E-state index contributed by atoms with van der Waals surface area (Å²) in [6.45, 7) is 8.73. The Morgan fingerprint density at radius 3 is 2.89 bits per heavy atom. The van der Waals surface area contributed by atoms with Gasteiger partial charge in [-0.2, -0.15) is 0 Å². The molecule has 0 unspecified atom stereocenters. The van der Waals surface area contributed by atoms with E-state index in [9.17, 15) is 0 Å². The number of nitrogens with zero attached hydrogens (tertiary/aromatic N) is 2. The minimum atomic E-state index is 0.175. The number of hydrogen-bond acceptors (Lipinski definition) is 4. The molecule has 0 saturated carbocycles. The summed E-state index contributed by atoms with van der Waals surface area (Å²) in [6, 6.07) is 3.88. The van der Waals surface area contributed by atoms with Crippen LogP contribution in [0.15, 0.2) is 18.3 Å². The minimum absolute atomic E-state index is 0.175. The van der Waals surface area contributed by atoms with E-state index in [1.165, 1.54) is 32.5 Å². The first-order valence-electron chi connectivity index (χ1n) is 7.33. The monoisotopic (exact) mass is 263 g/mol. The molecule has 0 aliphatic carbocycles. The lowest BCUT2D eigenvalue weighted by Gasteiger charge is -2.16. The Balaban J connectivity index is 1.75. The third-order valence-corrected chi connectivity index (χ3v) is 3.28. The highest BCUT2D eigenvalue weighted by atomic mass is 16.5. The molecular formula is C15H25N3O. The van der Waals surface area contributed by atoms with Crippen molar-refractivity contribution in [3.63, 3.8) is 0 Å². The van der Waals surface area contributed by atoms with E-state index in [0.29, 0.717) is 0 Å². The lowest BCUT2D eigenvalue weighted by molar-refractivity contribution is 0.243. The molecule has 0 aromatic carbocycles. The molecule has 1 fully saturated rings. The maximum absolute atomic E-state index is 5.74. The molecule has 1 aromatic heterocycles. The summed E-state index contributed by atoms with van der Waals surface area (Å²) in [5.41, 5.74) is 0. The number of rotatable bonds is 7. The summed E-state index contributed by atoms with van der Waals surface area (Å²) in [6.07, 6.45) is 5.85. The smallest absolute Gasteiger partial charge is 0.168 e. The van der Waals surface area contributed by atoms with E-state index in [1.807, 2.05) is 26.0 Å². The third kappa shape index (κ3) is 4.71. The first-order valence-corrected chi connectivity index (χ1v) is 7.33. The van der Waals surface area contributed by atoms with Crippen LogP contribution in [-0.4, -0.2) is 42.2 Å². The van der Waals surface area contributed by atoms with Crippen LogP contribution >= 0.6 is 0 Å². The second-order valence-corrected chi connectivity index (χ2v) is 5.35. The average Bonchev–Trinajstić information content (AvgIpc) is 2.89. The quantitative estimate of drug-likeness (QED) is 0.768. The molecule has 0 amide bonds. The van der Waals surface area contributed by atoms with Gasteiger partial charge >= 0.3 is 0 Å². The van der Waals surface area contributed by atoms with Crippen molar-refractivity contribution in [1.82, 2.24) is 9.88 Å². The van der Waals surface area contributed by atoms with E-state index in [0.717, 1.165) is 24.5 Å². The average molecular weight is 263 g/mol. The van der Waals surface area contributed by atoms with Crippen molar-refractivity contribution in [3.8, 4) is 5.75 Å². The summed E-state index contributed by atoms with van der Waals surface area (Å²) in [5, 5.41) is 3.38. The van der Waals surface area contributed by atoms with Crippen molar-refractivity contribution in [3.05, 3.63) is 18.3 Å². The molecule has 2 heterocycles. The Bertz CT molecular complexity index is 375. The van der Waals surface area contributed by atoms with Crippen molar-refractivity contribution >= 4 is 5.82 Å². The van der Waals surface area contributed by atoms with Crippen LogP contribution in [0.4, 0.5) is 5.82 Å². The van der Waals surface area contributed by atoms with Gasteiger partial charge in [0.15, 0.2) is 11.6 Å². The van der Waals surface area contributed by atoms with Crippen LogP contribution in [0, 0.1) is 0 Å².